The fourth-order valence-electron chi connectivity index (χ4n) is 4.02. The van der Waals surface area contributed by atoms with Gasteiger partial charge in [-0.25, -0.2) is 0 Å². The minimum atomic E-state index is -4.38. The largest absolute Gasteiger partial charge is 0.416 e. The van der Waals surface area contributed by atoms with Gasteiger partial charge in [-0.2, -0.15) is 13.2 Å². The van der Waals surface area contributed by atoms with Crippen molar-refractivity contribution in [3.05, 3.63) is 71.3 Å². The Morgan fingerprint density at radius 2 is 1.93 bits per heavy atom. The van der Waals surface area contributed by atoms with Gasteiger partial charge in [-0.05, 0) is 49.2 Å². The molecule has 2 aromatic carbocycles. The Labute approximate surface area is 175 Å². The van der Waals surface area contributed by atoms with Crippen molar-refractivity contribution in [2.24, 2.45) is 5.92 Å². The molecule has 1 amide bonds. The molecule has 1 saturated heterocycles. The Morgan fingerprint density at radius 3 is 2.60 bits per heavy atom. The molecule has 0 saturated carbocycles. The number of likely N-dealkylation sites (N-methyl/N-ethyl adjacent to an activating group) is 1. The summed E-state index contributed by atoms with van der Waals surface area (Å²) in [6.45, 7) is 2.28. The number of carbonyl (C=O) groups is 1. The normalized spacial score (nSPS) is 18.1. The zero-order valence-electron chi connectivity index (χ0n) is 17.2. The SMILES string of the molecule is COC[C@H](c1cccc(C(F)(F)F)c1)N(C)C[C@H]1CCN(C(=O)c2ccccc2)C1. The van der Waals surface area contributed by atoms with Gasteiger partial charge in [0.1, 0.15) is 0 Å². The smallest absolute Gasteiger partial charge is 0.383 e. The van der Waals surface area contributed by atoms with Crippen LogP contribution >= 0.6 is 0 Å². The average Bonchev–Trinajstić information content (AvgIpc) is 3.20. The van der Waals surface area contributed by atoms with Crippen molar-refractivity contribution in [2.45, 2.75) is 18.6 Å². The van der Waals surface area contributed by atoms with E-state index >= 15 is 0 Å². The van der Waals surface area contributed by atoms with Crippen LogP contribution in [0.2, 0.25) is 0 Å². The Balaban J connectivity index is 1.66. The maximum absolute atomic E-state index is 13.1. The lowest BCUT2D eigenvalue weighted by Gasteiger charge is -2.30. The molecule has 2 aromatic rings. The standard InChI is InChI=1S/C23H27F3N2O2/c1-27(21(16-30-2)19-9-6-10-20(13-19)23(24,25)26)14-17-11-12-28(15-17)22(29)18-7-4-3-5-8-18/h3-10,13,17,21H,11-12,14-16H2,1-2H3/t17-,21-/m1/s1. The van der Waals surface area contributed by atoms with Gasteiger partial charge in [0.2, 0.25) is 0 Å². The minimum absolute atomic E-state index is 0.0204. The summed E-state index contributed by atoms with van der Waals surface area (Å²) >= 11 is 0. The van der Waals surface area contributed by atoms with Crippen molar-refractivity contribution in [3.63, 3.8) is 0 Å². The van der Waals surface area contributed by atoms with E-state index < -0.39 is 11.7 Å². The number of carbonyl (C=O) groups excluding carboxylic acids is 1. The molecule has 4 nitrogen and oxygen atoms in total. The molecule has 0 radical (unpaired) electrons. The summed E-state index contributed by atoms with van der Waals surface area (Å²) in [5.74, 6) is 0.278. The molecule has 0 spiro atoms. The molecule has 162 valence electrons. The number of rotatable bonds is 7. The monoisotopic (exact) mass is 420 g/mol. The van der Waals surface area contributed by atoms with Crippen LogP contribution in [0.15, 0.2) is 54.6 Å². The van der Waals surface area contributed by atoms with Crippen LogP contribution in [0.3, 0.4) is 0 Å². The molecule has 1 fully saturated rings. The first-order valence-electron chi connectivity index (χ1n) is 10.00. The molecule has 30 heavy (non-hydrogen) atoms. The lowest BCUT2D eigenvalue weighted by Crippen LogP contribution is -2.35. The predicted molar refractivity (Wildman–Crippen MR) is 109 cm³/mol. The van der Waals surface area contributed by atoms with E-state index in [0.29, 0.717) is 30.8 Å². The first-order valence-corrected chi connectivity index (χ1v) is 10.00. The number of ether oxygens (including phenoxy) is 1. The number of methoxy groups -OCH3 is 1. The van der Waals surface area contributed by atoms with Gasteiger partial charge in [0.15, 0.2) is 0 Å². The molecule has 2 atom stereocenters. The van der Waals surface area contributed by atoms with E-state index in [1.54, 1.807) is 13.2 Å². The molecule has 0 aromatic heterocycles. The van der Waals surface area contributed by atoms with Crippen molar-refractivity contribution in [1.82, 2.24) is 9.80 Å². The van der Waals surface area contributed by atoms with E-state index in [1.807, 2.05) is 47.2 Å². The first kappa shape index (κ1) is 22.3. The fourth-order valence-corrected chi connectivity index (χ4v) is 4.02. The molecule has 0 N–H and O–H groups in total. The third-order valence-electron chi connectivity index (χ3n) is 5.60. The Kier molecular flexibility index (Phi) is 7.15. The summed E-state index contributed by atoms with van der Waals surface area (Å²) in [7, 11) is 3.44. The van der Waals surface area contributed by atoms with Crippen molar-refractivity contribution in [3.8, 4) is 0 Å². The summed E-state index contributed by atoms with van der Waals surface area (Å²) in [6, 6.07) is 14.3. The van der Waals surface area contributed by atoms with Gasteiger partial charge in [-0.15, -0.1) is 0 Å². The van der Waals surface area contributed by atoms with Crippen LogP contribution < -0.4 is 0 Å². The minimum Gasteiger partial charge on any atom is -0.383 e. The maximum Gasteiger partial charge on any atom is 0.416 e. The summed E-state index contributed by atoms with van der Waals surface area (Å²) in [5, 5.41) is 0. The summed E-state index contributed by atoms with van der Waals surface area (Å²) < 4.78 is 44.7. The van der Waals surface area contributed by atoms with Crippen molar-refractivity contribution < 1.29 is 22.7 Å². The Morgan fingerprint density at radius 1 is 1.20 bits per heavy atom. The fraction of sp³-hybridized carbons (Fsp3) is 0.435. The highest BCUT2D eigenvalue weighted by Gasteiger charge is 2.32. The third kappa shape index (κ3) is 5.40. The first-order chi connectivity index (χ1) is 14.3. The van der Waals surface area contributed by atoms with E-state index in [9.17, 15) is 18.0 Å². The van der Waals surface area contributed by atoms with Crippen molar-refractivity contribution in [1.29, 1.82) is 0 Å². The molecule has 1 aliphatic heterocycles. The molecule has 0 bridgehead atoms. The highest BCUT2D eigenvalue weighted by molar-refractivity contribution is 5.94. The van der Waals surface area contributed by atoms with Crippen molar-refractivity contribution in [2.75, 3.05) is 40.4 Å². The van der Waals surface area contributed by atoms with Gasteiger partial charge in [0.25, 0.3) is 5.91 Å². The number of halogens is 3. The topological polar surface area (TPSA) is 32.8 Å². The second kappa shape index (κ2) is 9.62. The van der Waals surface area contributed by atoms with E-state index in [-0.39, 0.29) is 24.5 Å². The summed E-state index contributed by atoms with van der Waals surface area (Å²) in [6.07, 6.45) is -3.51. The van der Waals surface area contributed by atoms with E-state index in [4.69, 9.17) is 4.74 Å². The van der Waals surface area contributed by atoms with Crippen LogP contribution in [0.5, 0.6) is 0 Å². The molecule has 1 heterocycles. The number of likely N-dealkylation sites (tertiary alicyclic amines) is 1. The number of amides is 1. The van der Waals surface area contributed by atoms with Crippen LogP contribution in [-0.4, -0.2) is 56.1 Å². The van der Waals surface area contributed by atoms with Gasteiger partial charge in [0.05, 0.1) is 18.2 Å². The van der Waals surface area contributed by atoms with Gasteiger partial charge < -0.3 is 9.64 Å². The van der Waals surface area contributed by atoms with Gasteiger partial charge >= 0.3 is 6.18 Å². The molecule has 0 aliphatic carbocycles. The lowest BCUT2D eigenvalue weighted by atomic mass is 10.0. The number of hydrogen-bond donors (Lipinski definition) is 0. The molecular weight excluding hydrogens is 393 g/mol. The second-order valence-electron chi connectivity index (χ2n) is 7.81. The quantitative estimate of drug-likeness (QED) is 0.662. The summed E-state index contributed by atoms with van der Waals surface area (Å²) in [4.78, 5) is 16.5. The Hall–Kier alpha value is -2.38. The van der Waals surface area contributed by atoms with E-state index in [2.05, 4.69) is 0 Å². The van der Waals surface area contributed by atoms with Gasteiger partial charge in [-0.3, -0.25) is 9.69 Å². The molecule has 3 rings (SSSR count). The van der Waals surface area contributed by atoms with E-state index in [1.165, 1.54) is 12.1 Å². The molecular formula is C23H27F3N2O2. The molecule has 1 aliphatic rings. The van der Waals surface area contributed by atoms with Crippen LogP contribution in [0, 0.1) is 5.92 Å². The lowest BCUT2D eigenvalue weighted by molar-refractivity contribution is -0.137. The van der Waals surface area contributed by atoms with Crippen LogP contribution in [0.1, 0.15) is 33.9 Å². The van der Waals surface area contributed by atoms with Gasteiger partial charge in [-0.1, -0.05) is 30.3 Å². The van der Waals surface area contributed by atoms with E-state index in [0.717, 1.165) is 12.5 Å². The van der Waals surface area contributed by atoms with Crippen molar-refractivity contribution >= 4 is 5.91 Å². The third-order valence-corrected chi connectivity index (χ3v) is 5.60. The second-order valence-corrected chi connectivity index (χ2v) is 7.81. The van der Waals surface area contributed by atoms with Crippen LogP contribution in [0.25, 0.3) is 0 Å². The highest BCUT2D eigenvalue weighted by Crippen LogP contribution is 2.32. The number of benzene rings is 2. The van der Waals surface area contributed by atoms with Crippen LogP contribution in [0.4, 0.5) is 13.2 Å². The maximum atomic E-state index is 13.1. The van der Waals surface area contributed by atoms with Crippen LogP contribution in [-0.2, 0) is 10.9 Å². The Bertz CT molecular complexity index is 842. The average molecular weight is 420 g/mol. The predicted octanol–water partition coefficient (Wildman–Crippen LogP) is 4.49. The summed E-state index contributed by atoms with van der Waals surface area (Å²) in [5.41, 5.74) is 0.590. The number of alkyl halides is 3. The number of hydrogen-bond acceptors (Lipinski definition) is 3. The zero-order valence-corrected chi connectivity index (χ0v) is 17.2. The molecule has 7 heteroatoms. The van der Waals surface area contributed by atoms with Gasteiger partial charge in [0, 0.05) is 32.3 Å². The highest BCUT2D eigenvalue weighted by atomic mass is 19.4. The molecule has 0 unspecified atom stereocenters. The zero-order chi connectivity index (χ0) is 21.7. The number of nitrogens with zero attached hydrogens (tertiary/aromatic N) is 2.